The predicted octanol–water partition coefficient (Wildman–Crippen LogP) is 4.81. The van der Waals surface area contributed by atoms with E-state index in [1.54, 1.807) is 46.8 Å². The van der Waals surface area contributed by atoms with Gasteiger partial charge in [-0.1, -0.05) is 49.4 Å². The first-order valence-corrected chi connectivity index (χ1v) is 17.9. The van der Waals surface area contributed by atoms with Gasteiger partial charge in [0, 0.05) is 76.3 Å². The SMILES string of the molecule is CCC(=O)NC(Cc1ccc(NC(=O)[C@@H](NC(=O)c2ccnn2C(C)C)C2CCC(F)(F)CC2)cc1)C(=O)N1CCN(Cc2ccccc2)CC1. The summed E-state index contributed by atoms with van der Waals surface area (Å²) in [6.07, 6.45) is 1.49. The molecular formula is C38H49F2N7O4. The molecule has 2 aromatic carbocycles. The van der Waals surface area contributed by atoms with Gasteiger partial charge >= 0.3 is 0 Å². The highest BCUT2D eigenvalue weighted by Gasteiger charge is 2.40. The maximum Gasteiger partial charge on any atom is 0.270 e. The Labute approximate surface area is 298 Å². The van der Waals surface area contributed by atoms with Crippen LogP contribution in [0.25, 0.3) is 0 Å². The van der Waals surface area contributed by atoms with Gasteiger partial charge in [-0.05, 0) is 61.9 Å². The van der Waals surface area contributed by atoms with E-state index in [0.29, 0.717) is 18.8 Å². The van der Waals surface area contributed by atoms with Crippen LogP contribution in [0.2, 0.25) is 0 Å². The molecule has 11 nitrogen and oxygen atoms in total. The summed E-state index contributed by atoms with van der Waals surface area (Å²) in [7, 11) is 0. The Morgan fingerprint density at radius 3 is 2.18 bits per heavy atom. The zero-order chi connectivity index (χ0) is 36.5. The van der Waals surface area contributed by atoms with Crippen molar-refractivity contribution in [3.63, 3.8) is 0 Å². The highest BCUT2D eigenvalue weighted by Crippen LogP contribution is 2.38. The Morgan fingerprint density at radius 1 is 0.882 bits per heavy atom. The number of carbonyl (C=O) groups excluding carboxylic acids is 4. The molecular weight excluding hydrogens is 656 g/mol. The van der Waals surface area contributed by atoms with Gasteiger partial charge in [0.2, 0.25) is 23.6 Å². The molecule has 0 radical (unpaired) electrons. The lowest BCUT2D eigenvalue weighted by Crippen LogP contribution is -2.55. The van der Waals surface area contributed by atoms with Gasteiger partial charge in [-0.15, -0.1) is 0 Å². The summed E-state index contributed by atoms with van der Waals surface area (Å²) in [4.78, 5) is 57.2. The third-order valence-electron chi connectivity index (χ3n) is 9.74. The Morgan fingerprint density at radius 2 is 1.55 bits per heavy atom. The van der Waals surface area contributed by atoms with E-state index in [1.165, 1.54) is 11.8 Å². The van der Waals surface area contributed by atoms with Crippen LogP contribution in [-0.2, 0) is 27.3 Å². The Bertz CT molecular complexity index is 1630. The fourth-order valence-corrected chi connectivity index (χ4v) is 6.78. The first kappa shape index (κ1) is 37.6. The standard InChI is InChI=1S/C38H49F2N7O4/c1-4-33(48)43-31(37(51)46-22-20-45(21-23-46)25-28-8-6-5-7-9-28)24-27-10-12-30(13-11-27)42-36(50)34(29-14-17-38(39,40)18-15-29)44-35(49)32-16-19-41-47(32)26(2)3/h5-13,16,19,26,29,31,34H,4,14-15,17-18,20-25H2,1-3H3,(H,42,50)(H,43,48)(H,44,49)/t31?,34-/m0/s1. The van der Waals surface area contributed by atoms with E-state index in [4.69, 9.17) is 0 Å². The Hall–Kier alpha value is -4.65. The van der Waals surface area contributed by atoms with Gasteiger partial charge < -0.3 is 20.9 Å². The van der Waals surface area contributed by atoms with E-state index in [0.717, 1.165) is 25.2 Å². The van der Waals surface area contributed by atoms with Crippen molar-refractivity contribution in [2.75, 3.05) is 31.5 Å². The summed E-state index contributed by atoms with van der Waals surface area (Å²) >= 11 is 0. The molecule has 2 atom stereocenters. The van der Waals surface area contributed by atoms with Crippen molar-refractivity contribution in [1.82, 2.24) is 30.2 Å². The van der Waals surface area contributed by atoms with Crippen LogP contribution < -0.4 is 16.0 Å². The summed E-state index contributed by atoms with van der Waals surface area (Å²) in [5, 5.41) is 12.8. The van der Waals surface area contributed by atoms with Crippen LogP contribution in [0, 0.1) is 5.92 Å². The molecule has 2 fully saturated rings. The quantitative estimate of drug-likeness (QED) is 0.234. The minimum atomic E-state index is -2.79. The van der Waals surface area contributed by atoms with Gasteiger partial charge in [-0.3, -0.25) is 28.8 Å². The number of hydrogen-bond acceptors (Lipinski definition) is 6. The normalized spacial score (nSPS) is 17.8. The Balaban J connectivity index is 1.23. The van der Waals surface area contributed by atoms with Crippen molar-refractivity contribution in [2.24, 2.45) is 5.92 Å². The number of halogens is 2. The summed E-state index contributed by atoms with van der Waals surface area (Å²) < 4.78 is 29.6. The van der Waals surface area contributed by atoms with Gasteiger partial charge in [0.05, 0.1) is 0 Å². The molecule has 5 rings (SSSR count). The molecule has 1 aliphatic carbocycles. The lowest BCUT2D eigenvalue weighted by atomic mass is 9.81. The van der Waals surface area contributed by atoms with Crippen LogP contribution >= 0.6 is 0 Å². The van der Waals surface area contributed by atoms with Crippen LogP contribution in [0.4, 0.5) is 14.5 Å². The molecule has 1 aromatic heterocycles. The molecule has 0 bridgehead atoms. The van der Waals surface area contributed by atoms with Gasteiger partial charge in [0.15, 0.2) is 0 Å². The number of hydrogen-bond donors (Lipinski definition) is 3. The second kappa shape index (κ2) is 17.0. The zero-order valence-electron chi connectivity index (χ0n) is 29.6. The zero-order valence-corrected chi connectivity index (χ0v) is 29.6. The van der Waals surface area contributed by atoms with Crippen LogP contribution in [0.3, 0.4) is 0 Å². The number of carbonyl (C=O) groups is 4. The fraction of sp³-hybridized carbons (Fsp3) is 0.500. The molecule has 13 heteroatoms. The number of nitrogens with zero attached hydrogens (tertiary/aromatic N) is 4. The largest absolute Gasteiger partial charge is 0.344 e. The van der Waals surface area contributed by atoms with Crippen molar-refractivity contribution < 1.29 is 28.0 Å². The monoisotopic (exact) mass is 705 g/mol. The van der Waals surface area contributed by atoms with Gasteiger partial charge in [-0.25, -0.2) is 8.78 Å². The highest BCUT2D eigenvalue weighted by atomic mass is 19.3. The summed E-state index contributed by atoms with van der Waals surface area (Å²) in [6, 6.07) is 16.8. The maximum atomic E-state index is 14.0. The van der Waals surface area contributed by atoms with E-state index < -0.39 is 35.7 Å². The molecule has 2 heterocycles. The van der Waals surface area contributed by atoms with Gasteiger partial charge in [0.1, 0.15) is 17.8 Å². The third-order valence-corrected chi connectivity index (χ3v) is 9.74. The van der Waals surface area contributed by atoms with Gasteiger partial charge in [0.25, 0.3) is 5.91 Å². The number of amides is 4. The fourth-order valence-electron chi connectivity index (χ4n) is 6.78. The smallest absolute Gasteiger partial charge is 0.270 e. The number of nitrogens with one attached hydrogen (secondary N) is 3. The van der Waals surface area contributed by atoms with Crippen molar-refractivity contribution in [3.05, 3.63) is 83.7 Å². The molecule has 3 N–H and O–H groups in total. The molecule has 51 heavy (non-hydrogen) atoms. The molecule has 1 saturated carbocycles. The molecule has 3 aromatic rings. The van der Waals surface area contributed by atoms with Gasteiger partial charge in [-0.2, -0.15) is 5.10 Å². The summed E-state index contributed by atoms with van der Waals surface area (Å²) in [6.45, 7) is 8.90. The van der Waals surface area contributed by atoms with Crippen LogP contribution in [-0.4, -0.2) is 87.4 Å². The van der Waals surface area contributed by atoms with Crippen LogP contribution in [0.1, 0.15) is 80.5 Å². The lowest BCUT2D eigenvalue weighted by Gasteiger charge is -2.36. The number of aromatic nitrogens is 2. The number of anilines is 1. The topological polar surface area (TPSA) is 129 Å². The molecule has 4 amide bonds. The van der Waals surface area contributed by atoms with Crippen molar-refractivity contribution in [3.8, 4) is 0 Å². The second-order valence-electron chi connectivity index (χ2n) is 13.9. The maximum absolute atomic E-state index is 14.0. The number of benzene rings is 2. The van der Waals surface area contributed by atoms with Crippen molar-refractivity contribution >= 4 is 29.3 Å². The summed E-state index contributed by atoms with van der Waals surface area (Å²) in [5.41, 5.74) is 2.73. The molecule has 1 aliphatic heterocycles. The third kappa shape index (κ3) is 10.2. The average Bonchev–Trinajstić information content (AvgIpc) is 3.63. The average molecular weight is 706 g/mol. The Kier molecular flexibility index (Phi) is 12.6. The number of piperazine rings is 1. The first-order chi connectivity index (χ1) is 24.4. The van der Waals surface area contributed by atoms with Crippen molar-refractivity contribution in [2.45, 2.75) is 89.9 Å². The lowest BCUT2D eigenvalue weighted by molar-refractivity contribution is -0.138. The van der Waals surface area contributed by atoms with E-state index in [-0.39, 0.29) is 62.1 Å². The summed E-state index contributed by atoms with van der Waals surface area (Å²) in [5.74, 6) is -4.63. The molecule has 2 aliphatic rings. The number of alkyl halides is 2. The minimum absolute atomic E-state index is 0.0920. The van der Waals surface area contributed by atoms with E-state index >= 15 is 0 Å². The van der Waals surface area contributed by atoms with E-state index in [2.05, 4.69) is 38.1 Å². The molecule has 274 valence electrons. The molecule has 1 unspecified atom stereocenters. The highest BCUT2D eigenvalue weighted by molar-refractivity contribution is 6.00. The molecule has 1 saturated heterocycles. The number of rotatable bonds is 13. The van der Waals surface area contributed by atoms with E-state index in [9.17, 15) is 28.0 Å². The van der Waals surface area contributed by atoms with Crippen molar-refractivity contribution in [1.29, 1.82) is 0 Å². The van der Waals surface area contributed by atoms with E-state index in [1.807, 2.05) is 32.0 Å². The first-order valence-electron chi connectivity index (χ1n) is 17.9. The van der Waals surface area contributed by atoms with Crippen LogP contribution in [0.5, 0.6) is 0 Å². The predicted molar refractivity (Wildman–Crippen MR) is 190 cm³/mol. The minimum Gasteiger partial charge on any atom is -0.344 e. The molecule has 0 spiro atoms. The second-order valence-corrected chi connectivity index (χ2v) is 13.9. The van der Waals surface area contributed by atoms with Crippen LogP contribution in [0.15, 0.2) is 66.9 Å².